The molecule has 1 fully saturated rings. The summed E-state index contributed by atoms with van der Waals surface area (Å²) in [5.74, 6) is -0.0875. The average molecular weight is 495 g/mol. The Morgan fingerprint density at radius 3 is 2.50 bits per heavy atom. The predicted molar refractivity (Wildman–Crippen MR) is 115 cm³/mol. The molecule has 1 N–H and O–H groups in total. The third kappa shape index (κ3) is 4.48. The molecular formula is C21H17F4N5O3S. The van der Waals surface area contributed by atoms with Gasteiger partial charge in [0.1, 0.15) is 5.75 Å². The fourth-order valence-electron chi connectivity index (χ4n) is 3.63. The predicted octanol–water partition coefficient (Wildman–Crippen LogP) is 4.57. The van der Waals surface area contributed by atoms with Crippen molar-refractivity contribution in [3.63, 3.8) is 0 Å². The Morgan fingerprint density at radius 1 is 1.03 bits per heavy atom. The first-order valence-corrected chi connectivity index (χ1v) is 11.0. The van der Waals surface area contributed by atoms with Gasteiger partial charge in [-0.05, 0) is 18.2 Å². The zero-order chi connectivity index (χ0) is 23.9. The van der Waals surface area contributed by atoms with Crippen molar-refractivity contribution in [2.24, 2.45) is 0 Å². The van der Waals surface area contributed by atoms with E-state index in [1.54, 1.807) is 0 Å². The highest BCUT2D eigenvalue weighted by Gasteiger charge is 2.54. The minimum absolute atomic E-state index is 0.0000951. The molecule has 0 unspecified atom stereocenters. The van der Waals surface area contributed by atoms with Gasteiger partial charge in [-0.1, -0.05) is 30.3 Å². The number of hydrogen-bond acceptors (Lipinski definition) is 7. The van der Waals surface area contributed by atoms with E-state index >= 15 is 0 Å². The number of rotatable bonds is 3. The monoisotopic (exact) mass is 495 g/mol. The van der Waals surface area contributed by atoms with E-state index in [4.69, 9.17) is 0 Å². The molecule has 0 saturated carbocycles. The van der Waals surface area contributed by atoms with Gasteiger partial charge in [0.25, 0.3) is 0 Å². The number of benzene rings is 2. The highest BCUT2D eigenvalue weighted by atomic mass is 32.1. The maximum absolute atomic E-state index is 14.0. The number of aromatic nitrogens is 2. The SMILES string of the molecule is O=C(Nc1ccc2c(c1)C(F)(F)OC(F)(F)O2)N1CCN(c2nc(-c3ccccc3)ns2)CC1. The summed E-state index contributed by atoms with van der Waals surface area (Å²) in [5.41, 5.74) is 0.0181. The number of fused-ring (bicyclic) bond motifs is 1. The molecule has 178 valence electrons. The van der Waals surface area contributed by atoms with Crippen molar-refractivity contribution in [3.05, 3.63) is 54.1 Å². The number of nitrogens with zero attached hydrogens (tertiary/aromatic N) is 4. The zero-order valence-corrected chi connectivity index (χ0v) is 18.2. The normalized spacial score (nSPS) is 18.7. The summed E-state index contributed by atoms with van der Waals surface area (Å²) in [6.45, 7) is 1.75. The number of halogens is 4. The third-order valence-electron chi connectivity index (χ3n) is 5.30. The number of ether oxygens (including phenoxy) is 2. The van der Waals surface area contributed by atoms with E-state index in [0.717, 1.165) is 22.8 Å². The number of carbonyl (C=O) groups is 1. The molecule has 13 heteroatoms. The van der Waals surface area contributed by atoms with E-state index in [1.165, 1.54) is 22.5 Å². The summed E-state index contributed by atoms with van der Waals surface area (Å²) >= 11 is 1.27. The van der Waals surface area contributed by atoms with Crippen molar-refractivity contribution >= 4 is 28.4 Å². The third-order valence-corrected chi connectivity index (χ3v) is 6.08. The molecule has 1 aromatic heterocycles. The molecule has 2 aliphatic rings. The summed E-state index contributed by atoms with van der Waals surface area (Å²) in [4.78, 5) is 20.7. The van der Waals surface area contributed by atoms with Crippen LogP contribution in [0.3, 0.4) is 0 Å². The summed E-state index contributed by atoms with van der Waals surface area (Å²) < 4.78 is 66.2. The van der Waals surface area contributed by atoms with Crippen molar-refractivity contribution in [2.45, 2.75) is 12.4 Å². The van der Waals surface area contributed by atoms with E-state index in [1.807, 2.05) is 35.2 Å². The Labute approximate surface area is 194 Å². The molecule has 0 aliphatic carbocycles. The molecule has 0 radical (unpaired) electrons. The van der Waals surface area contributed by atoms with E-state index in [9.17, 15) is 22.4 Å². The van der Waals surface area contributed by atoms with Crippen molar-refractivity contribution < 1.29 is 31.8 Å². The lowest BCUT2D eigenvalue weighted by Gasteiger charge is -2.34. The average Bonchev–Trinajstić information content (AvgIpc) is 3.29. The van der Waals surface area contributed by atoms with Gasteiger partial charge in [0.2, 0.25) is 5.13 Å². The highest BCUT2D eigenvalue weighted by molar-refractivity contribution is 7.09. The summed E-state index contributed by atoms with van der Waals surface area (Å²) in [7, 11) is 0. The van der Waals surface area contributed by atoms with Crippen LogP contribution in [0.4, 0.5) is 33.2 Å². The van der Waals surface area contributed by atoms with Crippen LogP contribution in [0.25, 0.3) is 11.4 Å². The van der Waals surface area contributed by atoms with E-state index in [-0.39, 0.29) is 5.69 Å². The first kappa shape index (κ1) is 22.3. The minimum Gasteiger partial charge on any atom is -0.409 e. The van der Waals surface area contributed by atoms with Gasteiger partial charge in [0.05, 0.1) is 5.56 Å². The maximum atomic E-state index is 14.0. The second-order valence-electron chi connectivity index (χ2n) is 7.57. The van der Waals surface area contributed by atoms with Crippen LogP contribution in [0.5, 0.6) is 5.75 Å². The molecule has 1 saturated heterocycles. The largest absolute Gasteiger partial charge is 0.540 e. The molecule has 3 heterocycles. The number of carbonyl (C=O) groups excluding carboxylic acids is 1. The Morgan fingerprint density at radius 2 is 1.76 bits per heavy atom. The number of hydrogen-bond donors (Lipinski definition) is 1. The van der Waals surface area contributed by atoms with Crippen molar-refractivity contribution in [1.82, 2.24) is 14.3 Å². The summed E-state index contributed by atoms with van der Waals surface area (Å²) in [6, 6.07) is 12.1. The van der Waals surface area contributed by atoms with Gasteiger partial charge in [-0.15, -0.1) is 8.78 Å². The van der Waals surface area contributed by atoms with Crippen LogP contribution in [0.2, 0.25) is 0 Å². The Kier molecular flexibility index (Phi) is 5.52. The number of urea groups is 1. The highest BCUT2D eigenvalue weighted by Crippen LogP contribution is 2.46. The van der Waals surface area contributed by atoms with Gasteiger partial charge >= 0.3 is 18.4 Å². The number of amides is 2. The molecule has 2 aromatic carbocycles. The van der Waals surface area contributed by atoms with Crippen LogP contribution in [-0.2, 0) is 10.8 Å². The van der Waals surface area contributed by atoms with Crippen LogP contribution in [0, 0.1) is 0 Å². The van der Waals surface area contributed by atoms with Crippen LogP contribution in [0.1, 0.15) is 5.56 Å². The molecular weight excluding hydrogens is 478 g/mol. The van der Waals surface area contributed by atoms with E-state index in [2.05, 4.69) is 24.1 Å². The van der Waals surface area contributed by atoms with Crippen LogP contribution < -0.4 is 15.0 Å². The summed E-state index contributed by atoms with van der Waals surface area (Å²) in [5, 5.41) is 3.25. The smallest absolute Gasteiger partial charge is 0.409 e. The molecule has 8 nitrogen and oxygen atoms in total. The number of alkyl halides is 4. The van der Waals surface area contributed by atoms with Gasteiger partial charge < -0.3 is 19.9 Å². The minimum atomic E-state index is -4.45. The van der Waals surface area contributed by atoms with Crippen molar-refractivity contribution in [1.29, 1.82) is 0 Å². The second-order valence-corrected chi connectivity index (χ2v) is 8.30. The first-order valence-electron chi connectivity index (χ1n) is 10.2. The lowest BCUT2D eigenvalue weighted by atomic mass is 10.1. The molecule has 0 spiro atoms. The Balaban J connectivity index is 1.21. The molecule has 0 atom stereocenters. The van der Waals surface area contributed by atoms with Crippen LogP contribution >= 0.6 is 11.5 Å². The van der Waals surface area contributed by atoms with Crippen molar-refractivity contribution in [3.8, 4) is 17.1 Å². The van der Waals surface area contributed by atoms with Gasteiger partial charge in [0, 0.05) is 49.0 Å². The van der Waals surface area contributed by atoms with Gasteiger partial charge in [0.15, 0.2) is 5.82 Å². The molecule has 2 amide bonds. The fraction of sp³-hybridized carbons (Fsp3) is 0.286. The topological polar surface area (TPSA) is 79.8 Å². The Bertz CT molecular complexity index is 1200. The first-order chi connectivity index (χ1) is 16.2. The van der Waals surface area contributed by atoms with E-state index in [0.29, 0.717) is 32.0 Å². The lowest BCUT2D eigenvalue weighted by molar-refractivity contribution is -0.461. The standard InChI is InChI=1S/C21H17F4N5O3S/c22-20(23)15-12-14(6-7-16(15)32-21(24,25)33-20)26-18(31)29-8-10-30(11-9-29)19-27-17(28-34-19)13-4-2-1-3-5-13/h1-7,12H,8-11H2,(H,26,31). The van der Waals surface area contributed by atoms with E-state index < -0.39 is 29.7 Å². The second kappa shape index (κ2) is 8.40. The van der Waals surface area contributed by atoms with Crippen LogP contribution in [0.15, 0.2) is 48.5 Å². The van der Waals surface area contributed by atoms with Gasteiger partial charge in [-0.25, -0.2) is 9.53 Å². The number of nitrogens with one attached hydrogen (secondary N) is 1. The molecule has 3 aromatic rings. The lowest BCUT2D eigenvalue weighted by Crippen LogP contribution is -2.50. The fourth-order valence-corrected chi connectivity index (χ4v) is 4.37. The van der Waals surface area contributed by atoms with Crippen LogP contribution in [-0.4, -0.2) is 52.8 Å². The molecule has 5 rings (SSSR count). The zero-order valence-electron chi connectivity index (χ0n) is 17.4. The summed E-state index contributed by atoms with van der Waals surface area (Å²) in [6.07, 6.45) is -8.72. The van der Waals surface area contributed by atoms with Gasteiger partial charge in [-0.2, -0.15) is 18.1 Å². The molecule has 34 heavy (non-hydrogen) atoms. The van der Waals surface area contributed by atoms with Gasteiger partial charge in [-0.3, -0.25) is 0 Å². The molecule has 0 bridgehead atoms. The quantitative estimate of drug-likeness (QED) is 0.537. The molecule has 2 aliphatic heterocycles. The number of anilines is 2. The number of piperazine rings is 1. The maximum Gasteiger partial charge on any atom is 0.540 e. The Hall–Kier alpha value is -3.45. The van der Waals surface area contributed by atoms with Crippen molar-refractivity contribution in [2.75, 3.05) is 36.4 Å².